The van der Waals surface area contributed by atoms with E-state index in [-0.39, 0.29) is 17.5 Å². The molecule has 3 aromatic rings. The van der Waals surface area contributed by atoms with E-state index in [1.165, 1.54) is 11.9 Å². The van der Waals surface area contributed by atoms with Gasteiger partial charge in [0.1, 0.15) is 6.20 Å². The van der Waals surface area contributed by atoms with Crippen molar-refractivity contribution in [2.75, 3.05) is 67.8 Å². The third kappa shape index (κ3) is 5.34. The Labute approximate surface area is 199 Å². The van der Waals surface area contributed by atoms with Crippen LogP contribution in [0.4, 0.5) is 40.2 Å². The van der Waals surface area contributed by atoms with Gasteiger partial charge < -0.3 is 25.3 Å². The highest BCUT2D eigenvalue weighted by Gasteiger charge is 2.19. The number of likely N-dealkylation sites (N-methyl/N-ethyl adjacent to an activating group) is 1. The second-order valence-electron chi connectivity index (χ2n) is 8.67. The summed E-state index contributed by atoms with van der Waals surface area (Å²) in [6.45, 7) is 6.17. The number of aromatic nitrogens is 2. The van der Waals surface area contributed by atoms with E-state index in [0.29, 0.717) is 5.69 Å². The van der Waals surface area contributed by atoms with Crippen molar-refractivity contribution in [2.24, 2.45) is 0 Å². The van der Waals surface area contributed by atoms with Gasteiger partial charge in [-0.2, -0.15) is 4.98 Å². The Balaban J connectivity index is 1.53. The predicted octanol–water partition coefficient (Wildman–Crippen LogP) is 4.00. The van der Waals surface area contributed by atoms with Crippen molar-refractivity contribution in [3.8, 4) is 0 Å². The summed E-state index contributed by atoms with van der Waals surface area (Å²) in [7, 11) is 6.05. The number of anilines is 6. The molecular formula is C24H30N8O2. The highest BCUT2D eigenvalue weighted by atomic mass is 16.6. The molecule has 10 heteroatoms. The molecule has 0 spiro atoms. The van der Waals surface area contributed by atoms with Crippen LogP contribution in [0.15, 0.2) is 48.7 Å². The second-order valence-corrected chi connectivity index (χ2v) is 8.67. The quantitative estimate of drug-likeness (QED) is 0.398. The fourth-order valence-electron chi connectivity index (χ4n) is 3.91. The third-order valence-electron chi connectivity index (χ3n) is 5.91. The predicted molar refractivity (Wildman–Crippen MR) is 137 cm³/mol. The maximum atomic E-state index is 11.5. The summed E-state index contributed by atoms with van der Waals surface area (Å²) in [6.07, 6.45) is 1.22. The second kappa shape index (κ2) is 9.92. The lowest BCUT2D eigenvalue weighted by atomic mass is 10.1. The summed E-state index contributed by atoms with van der Waals surface area (Å²) in [5.41, 5.74) is 4.73. The number of hydrogen-bond donors (Lipinski definition) is 2. The molecule has 0 amide bonds. The monoisotopic (exact) mass is 462 g/mol. The van der Waals surface area contributed by atoms with Gasteiger partial charge in [-0.1, -0.05) is 0 Å². The molecule has 1 aliphatic heterocycles. The van der Waals surface area contributed by atoms with Gasteiger partial charge in [0, 0.05) is 63.0 Å². The zero-order valence-corrected chi connectivity index (χ0v) is 19.9. The van der Waals surface area contributed by atoms with Gasteiger partial charge in [-0.15, -0.1) is 0 Å². The standard InChI is InChI=1S/C24H30N8O2/c1-17-15-19(7-10-21(17)31-13-11-30(4)12-14-31)27-24-25-16-22(32(33)34)23(28-24)26-18-5-8-20(9-6-18)29(2)3/h5-10,15-16H,11-14H2,1-4H3,(H2,25,26,27,28). The highest BCUT2D eigenvalue weighted by Crippen LogP contribution is 2.29. The Morgan fingerprint density at radius 2 is 1.68 bits per heavy atom. The minimum atomic E-state index is -0.491. The number of benzene rings is 2. The zero-order chi connectivity index (χ0) is 24.2. The van der Waals surface area contributed by atoms with Gasteiger partial charge in [0.25, 0.3) is 0 Å². The van der Waals surface area contributed by atoms with Crippen molar-refractivity contribution < 1.29 is 4.92 Å². The Bertz CT molecular complexity index is 1160. The van der Waals surface area contributed by atoms with Gasteiger partial charge in [-0.3, -0.25) is 10.1 Å². The summed E-state index contributed by atoms with van der Waals surface area (Å²) in [5.74, 6) is 0.413. The topological polar surface area (TPSA) is 103 Å². The van der Waals surface area contributed by atoms with Crippen molar-refractivity contribution in [2.45, 2.75) is 6.92 Å². The molecule has 0 aliphatic carbocycles. The molecule has 10 nitrogen and oxygen atoms in total. The maximum Gasteiger partial charge on any atom is 0.329 e. The molecule has 2 aromatic carbocycles. The molecular weight excluding hydrogens is 432 g/mol. The largest absolute Gasteiger partial charge is 0.378 e. The summed E-state index contributed by atoms with van der Waals surface area (Å²) < 4.78 is 0. The maximum absolute atomic E-state index is 11.5. The molecule has 0 saturated carbocycles. The number of hydrogen-bond acceptors (Lipinski definition) is 9. The molecule has 1 aromatic heterocycles. The van der Waals surface area contributed by atoms with E-state index in [2.05, 4.69) is 50.4 Å². The van der Waals surface area contributed by atoms with Crippen LogP contribution in [0.5, 0.6) is 0 Å². The lowest BCUT2D eigenvalue weighted by molar-refractivity contribution is -0.384. The van der Waals surface area contributed by atoms with Crippen molar-refractivity contribution >= 4 is 40.2 Å². The molecule has 2 N–H and O–H groups in total. The fraction of sp³-hybridized carbons (Fsp3) is 0.333. The van der Waals surface area contributed by atoms with E-state index < -0.39 is 4.92 Å². The van der Waals surface area contributed by atoms with E-state index in [1.54, 1.807) is 0 Å². The van der Waals surface area contributed by atoms with Crippen LogP contribution >= 0.6 is 0 Å². The summed E-state index contributed by atoms with van der Waals surface area (Å²) in [6, 6.07) is 13.7. The van der Waals surface area contributed by atoms with E-state index in [4.69, 9.17) is 0 Å². The average Bonchev–Trinajstić information content (AvgIpc) is 2.80. The van der Waals surface area contributed by atoms with Crippen molar-refractivity contribution in [1.82, 2.24) is 14.9 Å². The van der Waals surface area contributed by atoms with Crippen molar-refractivity contribution in [3.63, 3.8) is 0 Å². The average molecular weight is 463 g/mol. The van der Waals surface area contributed by atoms with Crippen LogP contribution in [0, 0.1) is 17.0 Å². The van der Waals surface area contributed by atoms with E-state index in [0.717, 1.165) is 43.1 Å². The number of nitrogens with one attached hydrogen (secondary N) is 2. The first kappa shape index (κ1) is 23.2. The van der Waals surface area contributed by atoms with E-state index >= 15 is 0 Å². The molecule has 0 atom stereocenters. The Morgan fingerprint density at radius 3 is 2.29 bits per heavy atom. The molecule has 0 bridgehead atoms. The molecule has 34 heavy (non-hydrogen) atoms. The molecule has 0 unspecified atom stereocenters. The zero-order valence-electron chi connectivity index (χ0n) is 19.9. The molecule has 1 aliphatic rings. The van der Waals surface area contributed by atoms with E-state index in [1.807, 2.05) is 55.4 Å². The normalized spacial score (nSPS) is 14.1. The first-order chi connectivity index (χ1) is 16.3. The van der Waals surface area contributed by atoms with Gasteiger partial charge in [0.15, 0.2) is 0 Å². The van der Waals surface area contributed by atoms with Crippen molar-refractivity contribution in [3.05, 3.63) is 64.3 Å². The minimum Gasteiger partial charge on any atom is -0.378 e. The van der Waals surface area contributed by atoms with Gasteiger partial charge in [-0.05, 0) is 62.0 Å². The number of piperazine rings is 1. The Kier molecular flexibility index (Phi) is 6.78. The molecule has 178 valence electrons. The third-order valence-corrected chi connectivity index (χ3v) is 5.91. The molecule has 2 heterocycles. The van der Waals surface area contributed by atoms with Crippen LogP contribution in [0.25, 0.3) is 0 Å². The van der Waals surface area contributed by atoms with Gasteiger partial charge >= 0.3 is 5.69 Å². The Hall–Kier alpha value is -3.92. The summed E-state index contributed by atoms with van der Waals surface area (Å²) in [4.78, 5) is 26.3. The van der Waals surface area contributed by atoms with Gasteiger partial charge in [-0.25, -0.2) is 4.98 Å². The summed E-state index contributed by atoms with van der Waals surface area (Å²) >= 11 is 0. The Morgan fingerprint density at radius 1 is 1.00 bits per heavy atom. The van der Waals surface area contributed by atoms with Crippen LogP contribution in [-0.4, -0.2) is 67.1 Å². The lowest BCUT2D eigenvalue weighted by Gasteiger charge is -2.35. The van der Waals surface area contributed by atoms with Crippen LogP contribution in [0.1, 0.15) is 5.56 Å². The van der Waals surface area contributed by atoms with E-state index in [9.17, 15) is 10.1 Å². The minimum absolute atomic E-state index is 0.130. The molecule has 4 rings (SSSR count). The van der Waals surface area contributed by atoms with Gasteiger partial charge in [0.05, 0.1) is 4.92 Å². The number of nitrogens with zero attached hydrogens (tertiary/aromatic N) is 6. The summed E-state index contributed by atoms with van der Waals surface area (Å²) in [5, 5.41) is 17.8. The first-order valence-corrected chi connectivity index (χ1v) is 11.2. The van der Waals surface area contributed by atoms with Gasteiger partial charge in [0.2, 0.25) is 11.8 Å². The highest BCUT2D eigenvalue weighted by molar-refractivity contribution is 5.69. The van der Waals surface area contributed by atoms with Crippen LogP contribution in [0.2, 0.25) is 0 Å². The number of aryl methyl sites for hydroxylation is 1. The number of rotatable bonds is 7. The van der Waals surface area contributed by atoms with Crippen molar-refractivity contribution in [1.29, 1.82) is 0 Å². The smallest absolute Gasteiger partial charge is 0.329 e. The molecule has 0 radical (unpaired) electrons. The number of nitro groups is 1. The van der Waals surface area contributed by atoms with Crippen LogP contribution in [0.3, 0.4) is 0 Å². The van der Waals surface area contributed by atoms with Crippen LogP contribution < -0.4 is 20.4 Å². The molecule has 1 fully saturated rings. The SMILES string of the molecule is Cc1cc(Nc2ncc([N+](=O)[O-])c(Nc3ccc(N(C)C)cc3)n2)ccc1N1CCN(C)CC1. The first-order valence-electron chi connectivity index (χ1n) is 11.2. The molecule has 1 saturated heterocycles. The fourth-order valence-corrected chi connectivity index (χ4v) is 3.91. The van der Waals surface area contributed by atoms with Crippen LogP contribution in [-0.2, 0) is 0 Å². The lowest BCUT2D eigenvalue weighted by Crippen LogP contribution is -2.44.